The summed E-state index contributed by atoms with van der Waals surface area (Å²) >= 11 is 6.09. The van der Waals surface area contributed by atoms with E-state index in [0.717, 1.165) is 0 Å². The van der Waals surface area contributed by atoms with Gasteiger partial charge in [0.1, 0.15) is 22.8 Å². The van der Waals surface area contributed by atoms with Crippen LogP contribution in [0.2, 0.25) is 5.02 Å². The molecule has 1 amide bonds. The third kappa shape index (κ3) is 4.66. The van der Waals surface area contributed by atoms with E-state index in [4.69, 9.17) is 26.5 Å². The first-order chi connectivity index (χ1) is 13.9. The molecule has 0 aliphatic carbocycles. The van der Waals surface area contributed by atoms with Gasteiger partial charge in [0.05, 0.1) is 10.7 Å². The monoisotopic (exact) mass is 419 g/mol. The Balaban J connectivity index is 1.63. The van der Waals surface area contributed by atoms with Crippen molar-refractivity contribution in [3.63, 3.8) is 0 Å². The van der Waals surface area contributed by atoms with Crippen LogP contribution in [-0.2, 0) is 0 Å². The van der Waals surface area contributed by atoms with Crippen LogP contribution in [0.1, 0.15) is 16.1 Å². The fourth-order valence-electron chi connectivity index (χ4n) is 2.76. The highest BCUT2D eigenvalue weighted by Crippen LogP contribution is 2.31. The predicted molar refractivity (Wildman–Crippen MR) is 105 cm³/mol. The number of amides is 1. The molecule has 0 spiro atoms. The highest BCUT2D eigenvalue weighted by Gasteiger charge is 2.23. The number of carbonyl (C=O) groups is 1. The van der Waals surface area contributed by atoms with E-state index in [9.17, 15) is 9.90 Å². The van der Waals surface area contributed by atoms with Crippen LogP contribution in [0.25, 0.3) is 11.3 Å². The molecule has 0 bridgehead atoms. The molecule has 29 heavy (non-hydrogen) atoms. The Bertz CT molecular complexity index is 1020. The number of rotatable bonds is 7. The molecule has 0 aliphatic heterocycles. The molecule has 0 fully saturated rings. The maximum Gasteiger partial charge on any atom is 0.257 e. The van der Waals surface area contributed by atoms with E-state index in [-0.39, 0.29) is 35.1 Å². The first-order valence-corrected chi connectivity index (χ1v) is 9.07. The largest absolute Gasteiger partial charge is 0.507 e. The fraction of sp³-hybridized carbons (Fsp3) is 0.158. The normalized spacial score (nSPS) is 10.9. The second-order valence-electron chi connectivity index (χ2n) is 6.18. The minimum atomic E-state index is -0.810. The molecular weight excluding hydrogens is 400 g/mol. The van der Waals surface area contributed by atoms with Crippen molar-refractivity contribution in [3.05, 3.63) is 58.8 Å². The summed E-state index contributed by atoms with van der Waals surface area (Å²) in [4.78, 5) is 12.6. The number of quaternary nitrogens is 1. The maximum absolute atomic E-state index is 12.6. The Morgan fingerprint density at radius 1 is 1.21 bits per heavy atom. The van der Waals surface area contributed by atoms with E-state index in [2.05, 4.69) is 15.8 Å². The standard InChI is InChI=1S/C19H19ClN4O5/c1-11-17(18(23-29-11)13-4-2-3-5-16(13)25)19(26)22-9-8-21-15-7-6-12(24(27)28)10-14(15)20/h2-7,10,21,25,27-28H,8-9H2,1H3,(H,22,26)/p+1. The minimum Gasteiger partial charge on any atom is -0.507 e. The van der Waals surface area contributed by atoms with E-state index in [1.54, 1.807) is 31.2 Å². The Morgan fingerprint density at radius 2 is 1.97 bits per heavy atom. The lowest BCUT2D eigenvalue weighted by molar-refractivity contribution is -1.19. The molecule has 0 unspecified atom stereocenters. The molecule has 3 aromatic rings. The first-order valence-electron chi connectivity index (χ1n) is 8.70. The number of hydrogen-bond acceptors (Lipinski definition) is 7. The zero-order valence-electron chi connectivity index (χ0n) is 15.4. The molecule has 1 heterocycles. The lowest BCUT2D eigenvalue weighted by Crippen LogP contribution is -3.01. The topological polar surface area (TPSA) is 132 Å². The summed E-state index contributed by atoms with van der Waals surface area (Å²) in [5.74, 6) is -0.0433. The van der Waals surface area contributed by atoms with E-state index < -0.39 is 5.23 Å². The van der Waals surface area contributed by atoms with Crippen molar-refractivity contribution in [2.45, 2.75) is 6.92 Å². The van der Waals surface area contributed by atoms with Crippen molar-refractivity contribution in [2.75, 3.05) is 18.4 Å². The van der Waals surface area contributed by atoms with Crippen LogP contribution in [0.15, 0.2) is 47.0 Å². The van der Waals surface area contributed by atoms with Crippen molar-refractivity contribution >= 4 is 28.9 Å². The van der Waals surface area contributed by atoms with Crippen LogP contribution < -0.4 is 15.9 Å². The van der Waals surface area contributed by atoms with Crippen LogP contribution in [0, 0.1) is 6.92 Å². The average Bonchev–Trinajstić information content (AvgIpc) is 3.07. The molecule has 6 N–H and O–H groups in total. The van der Waals surface area contributed by atoms with Crippen molar-refractivity contribution in [1.29, 1.82) is 0 Å². The molecular formula is C19H20ClN4O5+. The fourth-order valence-corrected chi connectivity index (χ4v) is 3.00. The van der Waals surface area contributed by atoms with Gasteiger partial charge in [0.25, 0.3) is 5.91 Å². The van der Waals surface area contributed by atoms with E-state index in [1.165, 1.54) is 18.2 Å². The molecule has 0 saturated heterocycles. The lowest BCUT2D eigenvalue weighted by Gasteiger charge is -2.10. The number of benzene rings is 2. The number of nitrogens with one attached hydrogen (secondary N) is 3. The number of phenolic OH excluding ortho intramolecular Hbond substituents is 1. The second-order valence-corrected chi connectivity index (χ2v) is 6.59. The second kappa shape index (κ2) is 8.93. The molecule has 0 atom stereocenters. The molecule has 10 heteroatoms. The van der Waals surface area contributed by atoms with Crippen molar-refractivity contribution in [3.8, 4) is 17.0 Å². The SMILES string of the molecule is Cc1onc(-c2ccccc2O)c1C(=O)NCCNc1ccc([NH+](O)O)cc1Cl. The van der Waals surface area contributed by atoms with Gasteiger partial charge in [-0.15, -0.1) is 0 Å². The first kappa shape index (κ1) is 20.6. The van der Waals surface area contributed by atoms with Gasteiger partial charge in [0, 0.05) is 30.8 Å². The van der Waals surface area contributed by atoms with Gasteiger partial charge in [-0.05, 0) is 30.3 Å². The number of carbonyl (C=O) groups excluding carboxylic acids is 1. The summed E-state index contributed by atoms with van der Waals surface area (Å²) in [6, 6.07) is 11.1. The zero-order valence-corrected chi connectivity index (χ0v) is 16.2. The van der Waals surface area contributed by atoms with Gasteiger partial charge < -0.3 is 20.3 Å². The van der Waals surface area contributed by atoms with E-state index in [0.29, 0.717) is 28.6 Å². The summed E-state index contributed by atoms with van der Waals surface area (Å²) < 4.78 is 5.15. The smallest absolute Gasteiger partial charge is 0.257 e. The van der Waals surface area contributed by atoms with Crippen molar-refractivity contribution < 1.29 is 30.1 Å². The number of hydrogen-bond donors (Lipinski definition) is 6. The van der Waals surface area contributed by atoms with Gasteiger partial charge in [0.2, 0.25) is 0 Å². The van der Waals surface area contributed by atoms with Crippen LogP contribution in [0.4, 0.5) is 11.4 Å². The van der Waals surface area contributed by atoms with E-state index in [1.807, 2.05) is 0 Å². The van der Waals surface area contributed by atoms with Crippen LogP contribution in [-0.4, -0.2) is 39.7 Å². The molecule has 0 radical (unpaired) electrons. The minimum absolute atomic E-state index is 0.000710. The summed E-state index contributed by atoms with van der Waals surface area (Å²) in [5, 5.41) is 37.4. The Kier molecular flexibility index (Phi) is 6.35. The molecule has 9 nitrogen and oxygen atoms in total. The number of aryl methyl sites for hydroxylation is 1. The zero-order chi connectivity index (χ0) is 21.0. The summed E-state index contributed by atoms with van der Waals surface area (Å²) in [6.45, 7) is 2.27. The number of para-hydroxylation sites is 1. The number of anilines is 1. The van der Waals surface area contributed by atoms with Crippen LogP contribution in [0.5, 0.6) is 5.75 Å². The Hall–Kier alpha value is -3.11. The number of halogens is 1. The quantitative estimate of drug-likeness (QED) is 0.255. The molecule has 0 aliphatic rings. The van der Waals surface area contributed by atoms with Gasteiger partial charge in [-0.3, -0.25) is 4.79 Å². The number of phenols is 1. The lowest BCUT2D eigenvalue weighted by atomic mass is 10.0. The molecule has 152 valence electrons. The van der Waals surface area contributed by atoms with Crippen LogP contribution >= 0.6 is 11.6 Å². The van der Waals surface area contributed by atoms with Crippen LogP contribution in [0.3, 0.4) is 0 Å². The summed E-state index contributed by atoms with van der Waals surface area (Å²) in [5.41, 5.74) is 1.71. The van der Waals surface area contributed by atoms with Gasteiger partial charge in [-0.1, -0.05) is 28.9 Å². The van der Waals surface area contributed by atoms with Crippen molar-refractivity contribution in [2.24, 2.45) is 0 Å². The van der Waals surface area contributed by atoms with Gasteiger partial charge >= 0.3 is 0 Å². The van der Waals surface area contributed by atoms with Gasteiger partial charge in [-0.25, -0.2) is 0 Å². The van der Waals surface area contributed by atoms with Gasteiger partial charge in [-0.2, -0.15) is 10.4 Å². The number of nitrogens with zero attached hydrogens (tertiary/aromatic N) is 1. The number of aromatic nitrogens is 1. The van der Waals surface area contributed by atoms with E-state index >= 15 is 0 Å². The highest BCUT2D eigenvalue weighted by atomic mass is 35.5. The summed E-state index contributed by atoms with van der Waals surface area (Å²) in [6.07, 6.45) is 0. The highest BCUT2D eigenvalue weighted by molar-refractivity contribution is 6.33. The average molecular weight is 420 g/mol. The van der Waals surface area contributed by atoms with Crippen molar-refractivity contribution in [1.82, 2.24) is 10.5 Å². The third-order valence-corrected chi connectivity index (χ3v) is 4.51. The Morgan fingerprint density at radius 3 is 2.66 bits per heavy atom. The Labute approximate surface area is 171 Å². The molecule has 3 rings (SSSR count). The molecule has 2 aromatic carbocycles. The molecule has 0 saturated carbocycles. The summed E-state index contributed by atoms with van der Waals surface area (Å²) in [7, 11) is 0. The molecule has 1 aromatic heterocycles. The van der Waals surface area contributed by atoms with Gasteiger partial charge in [0.15, 0.2) is 5.69 Å². The predicted octanol–water partition coefficient (Wildman–Crippen LogP) is 2.15. The maximum atomic E-state index is 12.6. The third-order valence-electron chi connectivity index (χ3n) is 4.20. The number of aromatic hydroxyl groups is 1.